The summed E-state index contributed by atoms with van der Waals surface area (Å²) in [5, 5.41) is 0. The van der Waals surface area contributed by atoms with Crippen LogP contribution in [0.5, 0.6) is 0 Å². The minimum Gasteiger partial charge on any atom is -0.352 e. The SMILES string of the molecule is NC(N)=O.[Ir]. The molecule has 3 nitrogen and oxygen atoms in total. The molecule has 0 aromatic rings. The third-order valence-electron chi connectivity index (χ3n) is 0. The molecule has 0 rings (SSSR count). The third-order valence-corrected chi connectivity index (χ3v) is 0. The molecule has 0 aromatic carbocycles. The first-order valence-corrected chi connectivity index (χ1v) is 0.781. The van der Waals surface area contributed by atoms with Crippen LogP contribution in [-0.2, 0) is 20.1 Å². The minimum atomic E-state index is -0.833. The average Bonchev–Trinajstić information content (AvgIpc) is 0.811. The van der Waals surface area contributed by atoms with Crippen molar-refractivity contribution in [3.63, 3.8) is 0 Å². The fraction of sp³-hybridized carbons (Fsp3) is 0. The minimum absolute atomic E-state index is 0. The molecule has 0 atom stereocenters. The molecular formula is CH4IrN2O. The summed E-state index contributed by atoms with van der Waals surface area (Å²) < 4.78 is 0. The number of primary amides is 2. The van der Waals surface area contributed by atoms with Crippen molar-refractivity contribution in [2.45, 2.75) is 0 Å². The van der Waals surface area contributed by atoms with Gasteiger partial charge in [-0.2, -0.15) is 0 Å². The molecule has 0 aromatic heterocycles. The van der Waals surface area contributed by atoms with Gasteiger partial charge in [0.15, 0.2) is 0 Å². The molecule has 0 aliphatic carbocycles. The van der Waals surface area contributed by atoms with E-state index in [0.29, 0.717) is 0 Å². The van der Waals surface area contributed by atoms with E-state index in [0.717, 1.165) is 0 Å². The van der Waals surface area contributed by atoms with Gasteiger partial charge in [0.2, 0.25) is 0 Å². The van der Waals surface area contributed by atoms with Gasteiger partial charge in [0.25, 0.3) is 0 Å². The van der Waals surface area contributed by atoms with Crippen LogP contribution >= 0.6 is 0 Å². The van der Waals surface area contributed by atoms with Crippen molar-refractivity contribution in [1.82, 2.24) is 0 Å². The topological polar surface area (TPSA) is 69.1 Å². The molecule has 1 radical (unpaired) electrons. The average molecular weight is 252 g/mol. The van der Waals surface area contributed by atoms with Crippen molar-refractivity contribution < 1.29 is 24.9 Å². The van der Waals surface area contributed by atoms with Crippen LogP contribution in [0.15, 0.2) is 0 Å². The van der Waals surface area contributed by atoms with Crippen LogP contribution in [0.3, 0.4) is 0 Å². The van der Waals surface area contributed by atoms with Gasteiger partial charge >= 0.3 is 6.03 Å². The number of nitrogens with two attached hydrogens (primary N) is 2. The summed E-state index contributed by atoms with van der Waals surface area (Å²) >= 11 is 0. The zero-order valence-corrected chi connectivity index (χ0v) is 4.79. The van der Waals surface area contributed by atoms with E-state index < -0.39 is 6.03 Å². The second-order valence-electron chi connectivity index (χ2n) is 0.402. The molecular weight excluding hydrogens is 248 g/mol. The maximum atomic E-state index is 9.00. The van der Waals surface area contributed by atoms with Gasteiger partial charge in [0.1, 0.15) is 0 Å². The van der Waals surface area contributed by atoms with Crippen LogP contribution in [0.1, 0.15) is 0 Å². The molecule has 0 unspecified atom stereocenters. The maximum Gasteiger partial charge on any atom is 0.309 e. The summed E-state index contributed by atoms with van der Waals surface area (Å²) in [5.41, 5.74) is 8.50. The Morgan fingerprint density at radius 1 is 1.40 bits per heavy atom. The predicted molar refractivity (Wildman–Crippen MR) is 13.8 cm³/mol. The van der Waals surface area contributed by atoms with Crippen molar-refractivity contribution in [2.24, 2.45) is 11.5 Å². The van der Waals surface area contributed by atoms with Gasteiger partial charge in [-0.05, 0) is 0 Å². The largest absolute Gasteiger partial charge is 0.352 e. The smallest absolute Gasteiger partial charge is 0.309 e. The van der Waals surface area contributed by atoms with E-state index in [1.165, 1.54) is 0 Å². The molecule has 0 aliphatic heterocycles. The van der Waals surface area contributed by atoms with E-state index in [1.807, 2.05) is 0 Å². The standard InChI is InChI=1S/CH4N2O.Ir/c2-1(3)4;/h(H4,2,3,4);. The first-order valence-electron chi connectivity index (χ1n) is 0.781. The van der Waals surface area contributed by atoms with Gasteiger partial charge in [0.05, 0.1) is 0 Å². The van der Waals surface area contributed by atoms with Gasteiger partial charge < -0.3 is 11.5 Å². The fourth-order valence-corrected chi connectivity index (χ4v) is 0. The van der Waals surface area contributed by atoms with Crippen LogP contribution in [0, 0.1) is 0 Å². The molecule has 0 bridgehead atoms. The van der Waals surface area contributed by atoms with Crippen LogP contribution in [-0.4, -0.2) is 6.03 Å². The molecule has 4 N–H and O–H groups in total. The second kappa shape index (κ2) is 3.92. The Kier molecular flexibility index (Phi) is 6.95. The number of rotatable bonds is 0. The molecule has 0 saturated heterocycles. The van der Waals surface area contributed by atoms with Crippen molar-refractivity contribution in [3.05, 3.63) is 0 Å². The van der Waals surface area contributed by atoms with Crippen molar-refractivity contribution in [3.8, 4) is 0 Å². The van der Waals surface area contributed by atoms with E-state index in [-0.39, 0.29) is 20.1 Å². The van der Waals surface area contributed by atoms with Crippen molar-refractivity contribution in [2.75, 3.05) is 0 Å². The van der Waals surface area contributed by atoms with E-state index in [2.05, 4.69) is 11.5 Å². The molecule has 0 heterocycles. The second-order valence-corrected chi connectivity index (χ2v) is 0.402. The van der Waals surface area contributed by atoms with E-state index in [4.69, 9.17) is 4.79 Å². The summed E-state index contributed by atoms with van der Waals surface area (Å²) in [6.07, 6.45) is 0. The molecule has 5 heavy (non-hydrogen) atoms. The summed E-state index contributed by atoms with van der Waals surface area (Å²) in [5.74, 6) is 0. The van der Waals surface area contributed by atoms with E-state index in [9.17, 15) is 0 Å². The van der Waals surface area contributed by atoms with Crippen molar-refractivity contribution >= 4 is 6.03 Å². The van der Waals surface area contributed by atoms with E-state index in [1.54, 1.807) is 0 Å². The fourth-order valence-electron chi connectivity index (χ4n) is 0. The summed E-state index contributed by atoms with van der Waals surface area (Å²) in [7, 11) is 0. The summed E-state index contributed by atoms with van der Waals surface area (Å²) in [4.78, 5) is 9.00. The maximum absolute atomic E-state index is 9.00. The number of urea groups is 1. The van der Waals surface area contributed by atoms with Crippen LogP contribution < -0.4 is 11.5 Å². The molecule has 0 spiro atoms. The van der Waals surface area contributed by atoms with Crippen LogP contribution in [0.4, 0.5) is 4.79 Å². The molecule has 0 aliphatic rings. The summed E-state index contributed by atoms with van der Waals surface area (Å²) in [6.45, 7) is 0. The number of carbonyl (C=O) groups is 1. The van der Waals surface area contributed by atoms with Crippen molar-refractivity contribution in [1.29, 1.82) is 0 Å². The zero-order chi connectivity index (χ0) is 3.58. The number of amides is 2. The molecule has 0 fully saturated rings. The van der Waals surface area contributed by atoms with Gasteiger partial charge in [-0.15, -0.1) is 0 Å². The van der Waals surface area contributed by atoms with Crippen LogP contribution in [0.25, 0.3) is 0 Å². The number of hydrogen-bond donors (Lipinski definition) is 2. The Hall–Kier alpha value is -0.0806. The molecule has 4 heteroatoms. The summed E-state index contributed by atoms with van der Waals surface area (Å²) in [6, 6.07) is -0.833. The normalized spacial score (nSPS) is 4.80. The Morgan fingerprint density at radius 2 is 1.40 bits per heavy atom. The van der Waals surface area contributed by atoms with Crippen LogP contribution in [0.2, 0.25) is 0 Å². The van der Waals surface area contributed by atoms with Gasteiger partial charge in [-0.25, -0.2) is 4.79 Å². The Labute approximate surface area is 43.1 Å². The Bertz CT molecular complexity index is 32.6. The van der Waals surface area contributed by atoms with Gasteiger partial charge in [-0.1, -0.05) is 0 Å². The molecule has 33 valence electrons. The number of carbonyl (C=O) groups excluding carboxylic acids is 1. The van der Waals surface area contributed by atoms with Gasteiger partial charge in [-0.3, -0.25) is 0 Å². The third kappa shape index (κ3) is 2220. The molecule has 2 amide bonds. The first kappa shape index (κ1) is 8.87. The van der Waals surface area contributed by atoms with Gasteiger partial charge in [0, 0.05) is 20.1 Å². The molecule has 0 saturated carbocycles. The monoisotopic (exact) mass is 253 g/mol. The number of hydrogen-bond acceptors (Lipinski definition) is 1. The zero-order valence-electron chi connectivity index (χ0n) is 2.40. The first-order chi connectivity index (χ1) is 1.73. The quantitative estimate of drug-likeness (QED) is 0.572. The Balaban J connectivity index is 0. The Morgan fingerprint density at radius 3 is 1.40 bits per heavy atom. The van der Waals surface area contributed by atoms with E-state index >= 15 is 0 Å². The predicted octanol–water partition coefficient (Wildman–Crippen LogP) is -0.979.